The summed E-state index contributed by atoms with van der Waals surface area (Å²) in [4.78, 5) is 29.9. The van der Waals surface area contributed by atoms with Gasteiger partial charge in [-0.3, -0.25) is 4.79 Å². The molecule has 1 atom stereocenters. The van der Waals surface area contributed by atoms with Crippen molar-refractivity contribution in [3.63, 3.8) is 0 Å². The Labute approximate surface area is 152 Å². The smallest absolute Gasteiger partial charge is 0.358 e. The van der Waals surface area contributed by atoms with Crippen LogP contribution in [0.3, 0.4) is 0 Å². The van der Waals surface area contributed by atoms with Gasteiger partial charge in [-0.1, -0.05) is 6.07 Å². The van der Waals surface area contributed by atoms with E-state index in [1.165, 1.54) is 11.3 Å². The minimum Gasteiger partial charge on any atom is -0.497 e. The van der Waals surface area contributed by atoms with E-state index in [2.05, 4.69) is 4.98 Å². The van der Waals surface area contributed by atoms with E-state index in [9.17, 15) is 9.59 Å². The summed E-state index contributed by atoms with van der Waals surface area (Å²) in [6.45, 7) is 1.55. The average molecular weight is 373 g/mol. The molecule has 0 aliphatic heterocycles. The first-order chi connectivity index (χ1) is 12.1. The zero-order valence-corrected chi connectivity index (χ0v) is 15.2. The van der Waals surface area contributed by atoms with Crippen LogP contribution in [0.1, 0.15) is 27.8 Å². The lowest BCUT2D eigenvalue weighted by Crippen LogP contribution is -2.24. The summed E-state index contributed by atoms with van der Waals surface area (Å²) in [6, 6.07) is 10.5. The first-order valence-corrected chi connectivity index (χ1v) is 9.23. The van der Waals surface area contributed by atoms with Gasteiger partial charge in [0.2, 0.25) is 5.78 Å². The van der Waals surface area contributed by atoms with Crippen molar-refractivity contribution in [2.45, 2.75) is 13.0 Å². The molecule has 0 amide bonds. The third kappa shape index (κ3) is 3.94. The number of ether oxygens (including phenoxy) is 2. The third-order valence-corrected chi connectivity index (χ3v) is 5.35. The van der Waals surface area contributed by atoms with Crippen molar-refractivity contribution in [3.05, 3.63) is 58.4 Å². The van der Waals surface area contributed by atoms with Gasteiger partial charge in [0.15, 0.2) is 11.8 Å². The number of methoxy groups -OCH3 is 1. The molecule has 0 N–H and O–H groups in total. The molecular formula is C18H15NO4S2. The number of nitrogens with zero attached hydrogens (tertiary/aromatic N) is 1. The number of hydrogen-bond donors (Lipinski definition) is 0. The van der Waals surface area contributed by atoms with E-state index >= 15 is 0 Å². The molecule has 0 radical (unpaired) electrons. The van der Waals surface area contributed by atoms with Gasteiger partial charge in [-0.05, 0) is 42.6 Å². The number of thiophene rings is 1. The van der Waals surface area contributed by atoms with Gasteiger partial charge in [0.05, 0.1) is 12.0 Å². The molecule has 3 aromatic rings. The van der Waals surface area contributed by atoms with E-state index < -0.39 is 12.1 Å². The number of carbonyl (C=O) groups is 2. The fraction of sp³-hybridized carbons (Fsp3) is 0.167. The monoisotopic (exact) mass is 373 g/mol. The highest BCUT2D eigenvalue weighted by atomic mass is 32.1. The lowest BCUT2D eigenvalue weighted by molar-refractivity contribution is 0.0314. The van der Waals surface area contributed by atoms with Crippen molar-refractivity contribution < 1.29 is 19.1 Å². The van der Waals surface area contributed by atoms with Gasteiger partial charge in [0.1, 0.15) is 10.8 Å². The Hall–Kier alpha value is -2.51. The standard InChI is InChI=1S/C18H15NO4S2/c1-11(16(20)12-5-7-13(22-2)8-6-12)23-18(21)14-10-25-17(19-14)15-4-3-9-24-15/h3-11H,1-2H3/t11-/m0/s1. The lowest BCUT2D eigenvalue weighted by Gasteiger charge is -2.11. The number of rotatable bonds is 6. The van der Waals surface area contributed by atoms with Crippen LogP contribution >= 0.6 is 22.7 Å². The number of benzene rings is 1. The molecule has 128 valence electrons. The van der Waals surface area contributed by atoms with Gasteiger partial charge in [0, 0.05) is 10.9 Å². The molecule has 0 unspecified atom stereocenters. The Bertz CT molecular complexity index is 869. The molecule has 1 aromatic carbocycles. The lowest BCUT2D eigenvalue weighted by atomic mass is 10.1. The normalized spacial score (nSPS) is 11.8. The number of Topliss-reactive ketones (excluding diaryl/α,β-unsaturated/α-hetero) is 1. The summed E-state index contributed by atoms with van der Waals surface area (Å²) in [7, 11) is 1.56. The quantitative estimate of drug-likeness (QED) is 0.476. The molecule has 2 aromatic heterocycles. The summed E-state index contributed by atoms with van der Waals surface area (Å²) in [5.74, 6) is -0.220. The van der Waals surface area contributed by atoms with Crippen LogP contribution in [0.2, 0.25) is 0 Å². The third-order valence-electron chi connectivity index (χ3n) is 3.47. The second-order valence-corrected chi connectivity index (χ2v) is 6.96. The van der Waals surface area contributed by atoms with Crippen LogP contribution in [0.4, 0.5) is 0 Å². The molecule has 7 heteroatoms. The van der Waals surface area contributed by atoms with E-state index in [1.807, 2.05) is 17.5 Å². The fourth-order valence-corrected chi connectivity index (χ4v) is 3.75. The first-order valence-electron chi connectivity index (χ1n) is 7.47. The maximum Gasteiger partial charge on any atom is 0.358 e. The molecular weight excluding hydrogens is 358 g/mol. The fourth-order valence-electron chi connectivity index (χ4n) is 2.15. The van der Waals surface area contributed by atoms with Crippen molar-refractivity contribution in [3.8, 4) is 15.6 Å². The zero-order chi connectivity index (χ0) is 17.8. The molecule has 2 heterocycles. The van der Waals surface area contributed by atoms with Gasteiger partial charge in [-0.15, -0.1) is 22.7 Å². The molecule has 0 aliphatic rings. The van der Waals surface area contributed by atoms with Gasteiger partial charge in [-0.2, -0.15) is 0 Å². The highest BCUT2D eigenvalue weighted by Gasteiger charge is 2.22. The number of ketones is 1. The summed E-state index contributed by atoms with van der Waals surface area (Å²) >= 11 is 2.92. The van der Waals surface area contributed by atoms with Crippen LogP contribution in [0.25, 0.3) is 9.88 Å². The predicted molar refractivity (Wildman–Crippen MR) is 97.6 cm³/mol. The molecule has 3 rings (SSSR count). The Morgan fingerprint density at radius 3 is 2.52 bits per heavy atom. The molecule has 0 saturated heterocycles. The van der Waals surface area contributed by atoms with Crippen LogP contribution in [0.5, 0.6) is 5.75 Å². The molecule has 25 heavy (non-hydrogen) atoms. The highest BCUT2D eigenvalue weighted by Crippen LogP contribution is 2.28. The van der Waals surface area contributed by atoms with Crippen molar-refractivity contribution >= 4 is 34.4 Å². The Kier molecular flexibility index (Phi) is 5.25. The van der Waals surface area contributed by atoms with Crippen LogP contribution in [0.15, 0.2) is 47.2 Å². The second-order valence-electron chi connectivity index (χ2n) is 5.16. The average Bonchev–Trinajstić information content (AvgIpc) is 3.32. The summed E-state index contributed by atoms with van der Waals surface area (Å²) in [5, 5.41) is 4.35. The van der Waals surface area contributed by atoms with E-state index in [4.69, 9.17) is 9.47 Å². The molecule has 0 fully saturated rings. The zero-order valence-electron chi connectivity index (χ0n) is 13.6. The number of carbonyl (C=O) groups excluding carboxylic acids is 2. The number of aromatic nitrogens is 1. The van der Waals surface area contributed by atoms with E-state index in [0.717, 1.165) is 9.88 Å². The molecule has 0 spiro atoms. The SMILES string of the molecule is COc1ccc(C(=O)[C@H](C)OC(=O)c2csc(-c3cccs3)n2)cc1. The Balaban J connectivity index is 1.66. The van der Waals surface area contributed by atoms with Gasteiger partial charge in [-0.25, -0.2) is 9.78 Å². The number of hydrogen-bond acceptors (Lipinski definition) is 7. The Morgan fingerprint density at radius 2 is 1.88 bits per heavy atom. The van der Waals surface area contributed by atoms with E-state index in [1.54, 1.807) is 55.0 Å². The van der Waals surface area contributed by atoms with E-state index in [0.29, 0.717) is 11.3 Å². The molecule has 5 nitrogen and oxygen atoms in total. The summed E-state index contributed by atoms with van der Waals surface area (Å²) in [5.41, 5.74) is 0.668. The van der Waals surface area contributed by atoms with Crippen LogP contribution in [-0.4, -0.2) is 30.0 Å². The minimum atomic E-state index is -0.896. The molecule has 0 bridgehead atoms. The van der Waals surface area contributed by atoms with Gasteiger partial charge >= 0.3 is 5.97 Å². The van der Waals surface area contributed by atoms with Crippen molar-refractivity contribution in [2.75, 3.05) is 7.11 Å². The van der Waals surface area contributed by atoms with Crippen molar-refractivity contribution in [1.29, 1.82) is 0 Å². The largest absolute Gasteiger partial charge is 0.497 e. The van der Waals surface area contributed by atoms with Crippen molar-refractivity contribution in [1.82, 2.24) is 4.98 Å². The maximum absolute atomic E-state index is 12.4. The number of thiazole rings is 1. The maximum atomic E-state index is 12.4. The highest BCUT2D eigenvalue weighted by molar-refractivity contribution is 7.20. The summed E-state index contributed by atoms with van der Waals surface area (Å²) < 4.78 is 10.3. The number of esters is 1. The van der Waals surface area contributed by atoms with Crippen LogP contribution in [-0.2, 0) is 4.74 Å². The second kappa shape index (κ2) is 7.58. The summed E-state index contributed by atoms with van der Waals surface area (Å²) in [6.07, 6.45) is -0.896. The topological polar surface area (TPSA) is 65.5 Å². The minimum absolute atomic E-state index is 0.211. The molecule has 0 saturated carbocycles. The van der Waals surface area contributed by atoms with Crippen LogP contribution < -0.4 is 4.74 Å². The van der Waals surface area contributed by atoms with Gasteiger partial charge in [0.25, 0.3) is 0 Å². The van der Waals surface area contributed by atoms with Gasteiger partial charge < -0.3 is 9.47 Å². The molecule has 0 aliphatic carbocycles. The van der Waals surface area contributed by atoms with Crippen molar-refractivity contribution in [2.24, 2.45) is 0 Å². The first kappa shape index (κ1) is 17.3. The van der Waals surface area contributed by atoms with Crippen LogP contribution in [0, 0.1) is 0 Å². The Morgan fingerprint density at radius 1 is 1.12 bits per heavy atom. The predicted octanol–water partition coefficient (Wildman–Crippen LogP) is 4.31. The van der Waals surface area contributed by atoms with E-state index in [-0.39, 0.29) is 11.5 Å².